The molecule has 0 aromatic carbocycles. The molecule has 0 fully saturated rings. The molecule has 1 aromatic rings. The van der Waals surface area contributed by atoms with E-state index in [4.69, 9.17) is 0 Å². The Morgan fingerprint density at radius 3 is 2.53 bits per heavy atom. The molecule has 1 heterocycles. The van der Waals surface area contributed by atoms with Crippen molar-refractivity contribution in [2.75, 3.05) is 6.54 Å². The van der Waals surface area contributed by atoms with Gasteiger partial charge >= 0.3 is 0 Å². The van der Waals surface area contributed by atoms with E-state index in [9.17, 15) is 0 Å². The van der Waals surface area contributed by atoms with Gasteiger partial charge in [-0.3, -0.25) is 0 Å². The average Bonchev–Trinajstić information content (AvgIpc) is 2.71. The van der Waals surface area contributed by atoms with Crippen LogP contribution in [0.15, 0.2) is 6.20 Å². The number of nitrogens with one attached hydrogen (secondary N) is 1. The SMILES string of the molecule is CCn1nncc1C(C)C(C)CNC(C)(C)C. The Bertz CT molecular complexity index is 337. The lowest BCUT2D eigenvalue weighted by Gasteiger charge is -2.26. The van der Waals surface area contributed by atoms with Crippen molar-refractivity contribution in [3.63, 3.8) is 0 Å². The third kappa shape index (κ3) is 4.11. The zero-order chi connectivity index (χ0) is 13.1. The lowest BCUT2D eigenvalue weighted by Crippen LogP contribution is -2.39. The third-order valence-corrected chi connectivity index (χ3v) is 3.22. The van der Waals surface area contributed by atoms with E-state index < -0.39 is 0 Å². The molecule has 4 nitrogen and oxygen atoms in total. The zero-order valence-electron chi connectivity index (χ0n) is 12.0. The van der Waals surface area contributed by atoms with Crippen molar-refractivity contribution < 1.29 is 0 Å². The molecule has 0 saturated heterocycles. The molecule has 0 amide bonds. The first-order valence-corrected chi connectivity index (χ1v) is 6.48. The number of hydrogen-bond acceptors (Lipinski definition) is 3. The Balaban J connectivity index is 2.60. The first kappa shape index (κ1) is 14.2. The van der Waals surface area contributed by atoms with Gasteiger partial charge in [0.05, 0.1) is 11.9 Å². The van der Waals surface area contributed by atoms with E-state index in [-0.39, 0.29) is 5.54 Å². The molecule has 1 aromatic heterocycles. The molecule has 17 heavy (non-hydrogen) atoms. The van der Waals surface area contributed by atoms with Crippen LogP contribution in [0, 0.1) is 5.92 Å². The predicted molar refractivity (Wildman–Crippen MR) is 71.0 cm³/mol. The molecule has 1 N–H and O–H groups in total. The van der Waals surface area contributed by atoms with E-state index >= 15 is 0 Å². The highest BCUT2D eigenvalue weighted by Gasteiger charge is 2.20. The van der Waals surface area contributed by atoms with Gasteiger partial charge in [0.15, 0.2) is 0 Å². The minimum absolute atomic E-state index is 0.178. The van der Waals surface area contributed by atoms with E-state index in [1.807, 2.05) is 10.9 Å². The summed E-state index contributed by atoms with van der Waals surface area (Å²) in [6.07, 6.45) is 1.89. The zero-order valence-corrected chi connectivity index (χ0v) is 12.0. The molecule has 98 valence electrons. The maximum absolute atomic E-state index is 4.09. The second-order valence-electron chi connectivity index (χ2n) is 5.87. The number of hydrogen-bond donors (Lipinski definition) is 1. The lowest BCUT2D eigenvalue weighted by atomic mass is 9.92. The first-order valence-electron chi connectivity index (χ1n) is 6.48. The summed E-state index contributed by atoms with van der Waals surface area (Å²) < 4.78 is 1.98. The van der Waals surface area contributed by atoms with Gasteiger partial charge in [-0.1, -0.05) is 19.1 Å². The van der Waals surface area contributed by atoms with Crippen LogP contribution in [0.3, 0.4) is 0 Å². The molecule has 0 bridgehead atoms. The van der Waals surface area contributed by atoms with Crippen LogP contribution in [-0.2, 0) is 6.54 Å². The van der Waals surface area contributed by atoms with Gasteiger partial charge in [-0.15, -0.1) is 5.10 Å². The van der Waals surface area contributed by atoms with Crippen molar-refractivity contribution in [3.8, 4) is 0 Å². The molecule has 0 aliphatic rings. The summed E-state index contributed by atoms with van der Waals surface area (Å²) in [5.41, 5.74) is 1.41. The van der Waals surface area contributed by atoms with Crippen molar-refractivity contribution >= 4 is 0 Å². The fourth-order valence-corrected chi connectivity index (χ4v) is 1.80. The molecule has 4 heteroatoms. The molecule has 0 aliphatic carbocycles. The van der Waals surface area contributed by atoms with Gasteiger partial charge in [0.1, 0.15) is 0 Å². The van der Waals surface area contributed by atoms with Gasteiger partial charge in [0, 0.05) is 18.0 Å². The Kier molecular flexibility index (Phi) is 4.69. The summed E-state index contributed by atoms with van der Waals surface area (Å²) in [5, 5.41) is 11.6. The van der Waals surface area contributed by atoms with Crippen LogP contribution in [0.4, 0.5) is 0 Å². The molecular weight excluding hydrogens is 212 g/mol. The normalized spacial score (nSPS) is 15.9. The van der Waals surface area contributed by atoms with Gasteiger partial charge in [0.2, 0.25) is 0 Å². The summed E-state index contributed by atoms with van der Waals surface area (Å²) in [5.74, 6) is 1.04. The summed E-state index contributed by atoms with van der Waals surface area (Å²) in [6.45, 7) is 15.1. The maximum atomic E-state index is 4.09. The number of aromatic nitrogens is 3. The Morgan fingerprint density at radius 1 is 1.35 bits per heavy atom. The van der Waals surface area contributed by atoms with Gasteiger partial charge in [-0.25, -0.2) is 4.68 Å². The summed E-state index contributed by atoms with van der Waals surface area (Å²) >= 11 is 0. The largest absolute Gasteiger partial charge is 0.312 e. The fourth-order valence-electron chi connectivity index (χ4n) is 1.80. The summed E-state index contributed by atoms with van der Waals surface area (Å²) in [7, 11) is 0. The minimum atomic E-state index is 0.178. The molecule has 0 radical (unpaired) electrons. The smallest absolute Gasteiger partial charge is 0.0728 e. The Morgan fingerprint density at radius 2 is 2.00 bits per heavy atom. The standard InChI is InChI=1S/C13H26N4/c1-7-17-12(9-15-16-17)11(3)10(2)8-14-13(4,5)6/h9-11,14H,7-8H2,1-6H3. The van der Waals surface area contributed by atoms with E-state index in [1.165, 1.54) is 5.69 Å². The van der Waals surface area contributed by atoms with Crippen molar-refractivity contribution in [1.82, 2.24) is 20.3 Å². The van der Waals surface area contributed by atoms with Crippen molar-refractivity contribution in [2.45, 2.75) is 59.5 Å². The average molecular weight is 238 g/mol. The monoisotopic (exact) mass is 238 g/mol. The highest BCUT2D eigenvalue weighted by atomic mass is 15.4. The Labute approximate surface area is 105 Å². The first-order chi connectivity index (χ1) is 7.85. The predicted octanol–water partition coefficient (Wildman–Crippen LogP) is 2.43. The van der Waals surface area contributed by atoms with Crippen LogP contribution in [-0.4, -0.2) is 27.1 Å². The van der Waals surface area contributed by atoms with Crippen LogP contribution < -0.4 is 5.32 Å². The minimum Gasteiger partial charge on any atom is -0.312 e. The number of rotatable bonds is 5. The van der Waals surface area contributed by atoms with E-state index in [1.54, 1.807) is 0 Å². The summed E-state index contributed by atoms with van der Waals surface area (Å²) in [6, 6.07) is 0. The highest BCUT2D eigenvalue weighted by Crippen LogP contribution is 2.23. The van der Waals surface area contributed by atoms with Gasteiger partial charge in [-0.2, -0.15) is 0 Å². The fraction of sp³-hybridized carbons (Fsp3) is 0.846. The number of aryl methyl sites for hydroxylation is 1. The van der Waals surface area contributed by atoms with Crippen LogP contribution in [0.25, 0.3) is 0 Å². The maximum Gasteiger partial charge on any atom is 0.0728 e. The molecule has 0 spiro atoms. The van der Waals surface area contributed by atoms with Gasteiger partial charge in [-0.05, 0) is 40.2 Å². The molecule has 0 saturated carbocycles. The van der Waals surface area contributed by atoms with E-state index in [2.05, 4.69) is 57.2 Å². The van der Waals surface area contributed by atoms with E-state index in [0.29, 0.717) is 11.8 Å². The topological polar surface area (TPSA) is 42.7 Å². The third-order valence-electron chi connectivity index (χ3n) is 3.22. The van der Waals surface area contributed by atoms with Crippen molar-refractivity contribution in [3.05, 3.63) is 11.9 Å². The van der Waals surface area contributed by atoms with E-state index in [0.717, 1.165) is 13.1 Å². The Hall–Kier alpha value is -0.900. The van der Waals surface area contributed by atoms with Gasteiger partial charge in [0.25, 0.3) is 0 Å². The second-order valence-corrected chi connectivity index (χ2v) is 5.87. The summed E-state index contributed by atoms with van der Waals surface area (Å²) in [4.78, 5) is 0. The molecule has 0 aliphatic heterocycles. The van der Waals surface area contributed by atoms with Crippen LogP contribution in [0.2, 0.25) is 0 Å². The molecule has 2 unspecified atom stereocenters. The van der Waals surface area contributed by atoms with Crippen molar-refractivity contribution in [2.24, 2.45) is 5.92 Å². The highest BCUT2D eigenvalue weighted by molar-refractivity contribution is 5.03. The number of nitrogens with zero attached hydrogens (tertiary/aromatic N) is 3. The van der Waals surface area contributed by atoms with Crippen molar-refractivity contribution in [1.29, 1.82) is 0 Å². The molecular formula is C13H26N4. The molecule has 2 atom stereocenters. The van der Waals surface area contributed by atoms with Crippen LogP contribution in [0.1, 0.15) is 53.2 Å². The lowest BCUT2D eigenvalue weighted by molar-refractivity contribution is 0.351. The van der Waals surface area contributed by atoms with Crippen LogP contribution in [0.5, 0.6) is 0 Å². The molecule has 1 rings (SSSR count). The quantitative estimate of drug-likeness (QED) is 0.856. The van der Waals surface area contributed by atoms with Crippen LogP contribution >= 0.6 is 0 Å². The second kappa shape index (κ2) is 5.63. The van der Waals surface area contributed by atoms with Gasteiger partial charge < -0.3 is 5.32 Å².